The number of carbonyl (C=O) groups is 3. The van der Waals surface area contributed by atoms with E-state index < -0.39 is 29.2 Å². The van der Waals surface area contributed by atoms with Crippen LogP contribution < -0.4 is 10.6 Å². The van der Waals surface area contributed by atoms with Crippen LogP contribution in [0.25, 0.3) is 0 Å². The summed E-state index contributed by atoms with van der Waals surface area (Å²) in [5.41, 5.74) is 1.73. The molecule has 1 atom stereocenters. The molecule has 0 heterocycles. The SMILES string of the molecule is Cc1ccc(C(C(=O)NC(C)(C)C)N(C)C(=O)CNC(=O)OC(C)(C)C)cc1C. The van der Waals surface area contributed by atoms with E-state index >= 15 is 0 Å². The van der Waals surface area contributed by atoms with Gasteiger partial charge in [0.1, 0.15) is 18.2 Å². The number of amides is 3. The minimum Gasteiger partial charge on any atom is -0.444 e. The lowest BCUT2D eigenvalue weighted by atomic mass is 9.98. The lowest BCUT2D eigenvalue weighted by molar-refractivity contribution is -0.139. The zero-order chi connectivity index (χ0) is 22.6. The summed E-state index contributed by atoms with van der Waals surface area (Å²) < 4.78 is 5.16. The van der Waals surface area contributed by atoms with Crippen molar-refractivity contribution >= 4 is 17.9 Å². The van der Waals surface area contributed by atoms with E-state index in [1.54, 1.807) is 27.8 Å². The molecular weight excluding hydrogens is 370 g/mol. The fraction of sp³-hybridized carbons (Fsp3) is 0.591. The highest BCUT2D eigenvalue weighted by Crippen LogP contribution is 2.23. The first-order valence-electron chi connectivity index (χ1n) is 9.72. The van der Waals surface area contributed by atoms with Crippen LogP contribution in [0.4, 0.5) is 4.79 Å². The molecule has 0 saturated carbocycles. The first kappa shape index (κ1) is 24.5. The maximum Gasteiger partial charge on any atom is 0.408 e. The Hall–Kier alpha value is -2.57. The maximum absolute atomic E-state index is 13.0. The van der Waals surface area contributed by atoms with Gasteiger partial charge in [0.2, 0.25) is 11.8 Å². The molecule has 0 radical (unpaired) electrons. The zero-order valence-electron chi connectivity index (χ0n) is 19.1. The second-order valence-corrected chi connectivity index (χ2v) is 9.35. The monoisotopic (exact) mass is 405 g/mol. The molecule has 0 spiro atoms. The van der Waals surface area contributed by atoms with Crippen molar-refractivity contribution in [2.45, 2.75) is 72.6 Å². The Morgan fingerprint density at radius 2 is 1.62 bits per heavy atom. The summed E-state index contributed by atoms with van der Waals surface area (Å²) in [5.74, 6) is -0.683. The van der Waals surface area contributed by atoms with Gasteiger partial charge in [-0.3, -0.25) is 9.59 Å². The van der Waals surface area contributed by atoms with Gasteiger partial charge in [-0.25, -0.2) is 4.79 Å². The average molecular weight is 406 g/mol. The highest BCUT2D eigenvalue weighted by Gasteiger charge is 2.31. The highest BCUT2D eigenvalue weighted by atomic mass is 16.6. The largest absolute Gasteiger partial charge is 0.444 e. The van der Waals surface area contributed by atoms with Crippen LogP contribution in [0.15, 0.2) is 18.2 Å². The van der Waals surface area contributed by atoms with Gasteiger partial charge in [-0.15, -0.1) is 0 Å². The number of likely N-dealkylation sites (N-methyl/N-ethyl adjacent to an activating group) is 1. The summed E-state index contributed by atoms with van der Waals surface area (Å²) >= 11 is 0. The summed E-state index contributed by atoms with van der Waals surface area (Å²) in [4.78, 5) is 38.9. The maximum atomic E-state index is 13.0. The van der Waals surface area contributed by atoms with Crippen LogP contribution >= 0.6 is 0 Å². The minimum atomic E-state index is -0.818. The molecule has 0 aromatic heterocycles. The molecule has 0 aliphatic rings. The fourth-order valence-corrected chi connectivity index (χ4v) is 2.65. The summed E-state index contributed by atoms with van der Waals surface area (Å²) in [6.45, 7) is 14.6. The van der Waals surface area contributed by atoms with Gasteiger partial charge in [0.15, 0.2) is 0 Å². The second-order valence-electron chi connectivity index (χ2n) is 9.35. The van der Waals surface area contributed by atoms with Gasteiger partial charge in [-0.1, -0.05) is 18.2 Å². The molecule has 0 saturated heterocycles. The van der Waals surface area contributed by atoms with E-state index in [1.165, 1.54) is 4.90 Å². The molecule has 1 aromatic rings. The molecule has 0 bridgehead atoms. The molecule has 2 N–H and O–H groups in total. The Kier molecular flexibility index (Phi) is 7.83. The molecule has 0 fully saturated rings. The smallest absolute Gasteiger partial charge is 0.408 e. The van der Waals surface area contributed by atoms with E-state index in [9.17, 15) is 14.4 Å². The lowest BCUT2D eigenvalue weighted by Crippen LogP contribution is -2.50. The van der Waals surface area contributed by atoms with Crippen LogP contribution in [0.2, 0.25) is 0 Å². The Labute approximate surface area is 174 Å². The van der Waals surface area contributed by atoms with E-state index in [1.807, 2.05) is 52.8 Å². The van der Waals surface area contributed by atoms with Gasteiger partial charge in [0.05, 0.1) is 0 Å². The third kappa shape index (κ3) is 8.13. The van der Waals surface area contributed by atoms with Crippen molar-refractivity contribution in [3.8, 4) is 0 Å². The first-order valence-corrected chi connectivity index (χ1v) is 9.72. The predicted molar refractivity (Wildman–Crippen MR) is 114 cm³/mol. The molecule has 7 nitrogen and oxygen atoms in total. The number of alkyl carbamates (subject to hydrolysis) is 1. The van der Waals surface area contributed by atoms with Crippen LogP contribution in [-0.2, 0) is 14.3 Å². The summed E-state index contributed by atoms with van der Waals surface area (Å²) in [6, 6.07) is 4.87. The molecular formula is C22H35N3O4. The number of nitrogens with one attached hydrogen (secondary N) is 2. The standard InChI is InChI=1S/C22H35N3O4/c1-14-10-11-16(12-15(14)2)18(19(27)24-21(3,4)5)25(9)17(26)13-23-20(28)29-22(6,7)8/h10-12,18H,13H2,1-9H3,(H,23,28)(H,24,27). The Morgan fingerprint density at radius 3 is 2.10 bits per heavy atom. The molecule has 1 rings (SSSR count). The van der Waals surface area contributed by atoms with Crippen molar-refractivity contribution in [2.75, 3.05) is 13.6 Å². The average Bonchev–Trinajstić information content (AvgIpc) is 2.52. The number of benzene rings is 1. The van der Waals surface area contributed by atoms with Crippen LogP contribution in [0.3, 0.4) is 0 Å². The van der Waals surface area contributed by atoms with Gasteiger partial charge in [-0.05, 0) is 72.1 Å². The summed E-state index contributed by atoms with van der Waals surface area (Å²) in [6.07, 6.45) is -0.680. The van der Waals surface area contributed by atoms with Crippen molar-refractivity contribution in [1.82, 2.24) is 15.5 Å². The number of hydrogen-bond acceptors (Lipinski definition) is 4. The molecule has 162 valence electrons. The van der Waals surface area contributed by atoms with Crippen molar-refractivity contribution in [2.24, 2.45) is 0 Å². The normalized spacial score (nSPS) is 12.7. The number of aryl methyl sites for hydroxylation is 2. The third-order valence-corrected chi connectivity index (χ3v) is 4.16. The molecule has 0 aliphatic carbocycles. The number of carbonyl (C=O) groups excluding carboxylic acids is 3. The summed E-state index contributed by atoms with van der Waals surface area (Å²) in [5, 5.41) is 5.39. The Balaban J connectivity index is 3.05. The lowest BCUT2D eigenvalue weighted by Gasteiger charge is -2.31. The number of nitrogens with zero attached hydrogens (tertiary/aromatic N) is 1. The second kappa shape index (κ2) is 9.29. The van der Waals surface area contributed by atoms with Crippen LogP contribution in [0.5, 0.6) is 0 Å². The van der Waals surface area contributed by atoms with E-state index in [0.717, 1.165) is 11.1 Å². The Bertz CT molecular complexity index is 760. The predicted octanol–water partition coefficient (Wildman–Crippen LogP) is 3.24. The first-order chi connectivity index (χ1) is 13.1. The molecule has 1 aromatic carbocycles. The van der Waals surface area contributed by atoms with Gasteiger partial charge in [0.25, 0.3) is 0 Å². The van der Waals surface area contributed by atoms with E-state index in [0.29, 0.717) is 5.56 Å². The number of hydrogen-bond donors (Lipinski definition) is 2. The minimum absolute atomic E-state index is 0.268. The van der Waals surface area contributed by atoms with Crippen molar-refractivity contribution in [3.63, 3.8) is 0 Å². The van der Waals surface area contributed by atoms with Gasteiger partial charge < -0.3 is 20.3 Å². The number of ether oxygens (including phenoxy) is 1. The third-order valence-electron chi connectivity index (χ3n) is 4.16. The topological polar surface area (TPSA) is 87.7 Å². The molecule has 3 amide bonds. The van der Waals surface area contributed by atoms with Crippen molar-refractivity contribution in [1.29, 1.82) is 0 Å². The van der Waals surface area contributed by atoms with Crippen molar-refractivity contribution < 1.29 is 19.1 Å². The van der Waals surface area contributed by atoms with Crippen LogP contribution in [0, 0.1) is 13.8 Å². The quantitative estimate of drug-likeness (QED) is 0.787. The molecule has 7 heteroatoms. The fourth-order valence-electron chi connectivity index (χ4n) is 2.65. The van der Waals surface area contributed by atoms with Gasteiger partial charge in [-0.2, -0.15) is 0 Å². The summed E-state index contributed by atoms with van der Waals surface area (Å²) in [7, 11) is 1.56. The highest BCUT2D eigenvalue weighted by molar-refractivity contribution is 5.90. The molecule has 1 unspecified atom stereocenters. The van der Waals surface area contributed by atoms with Crippen molar-refractivity contribution in [3.05, 3.63) is 34.9 Å². The molecule has 29 heavy (non-hydrogen) atoms. The van der Waals surface area contributed by atoms with Crippen LogP contribution in [0.1, 0.15) is 64.3 Å². The van der Waals surface area contributed by atoms with E-state index in [-0.39, 0.29) is 12.5 Å². The van der Waals surface area contributed by atoms with Crippen LogP contribution in [-0.4, -0.2) is 47.5 Å². The zero-order valence-corrected chi connectivity index (χ0v) is 19.1. The van der Waals surface area contributed by atoms with E-state index in [4.69, 9.17) is 4.74 Å². The molecule has 0 aliphatic heterocycles. The Morgan fingerprint density at radius 1 is 1.03 bits per heavy atom. The van der Waals surface area contributed by atoms with Gasteiger partial charge in [0, 0.05) is 12.6 Å². The number of rotatable bonds is 5. The van der Waals surface area contributed by atoms with E-state index in [2.05, 4.69) is 10.6 Å². The van der Waals surface area contributed by atoms with Gasteiger partial charge >= 0.3 is 6.09 Å².